The number of ether oxygens (including phenoxy) is 1. The topological polar surface area (TPSA) is 35.2 Å². The van der Waals surface area contributed by atoms with E-state index in [0.717, 1.165) is 30.3 Å². The third kappa shape index (κ3) is 3.20. The van der Waals surface area contributed by atoms with E-state index in [4.69, 9.17) is 10.5 Å². The molecule has 2 rings (SSSR count). The van der Waals surface area contributed by atoms with E-state index in [0.29, 0.717) is 5.92 Å². The lowest BCUT2D eigenvalue weighted by atomic mass is 10.0. The highest BCUT2D eigenvalue weighted by Gasteiger charge is 2.22. The molecule has 4 heteroatoms. The maximum atomic E-state index is 12.9. The second-order valence-corrected chi connectivity index (χ2v) is 5.15. The summed E-state index contributed by atoms with van der Waals surface area (Å²) in [6, 6.07) is 6.76. The average Bonchev–Trinajstić information content (AvgIpc) is 2.79. The minimum absolute atomic E-state index is 0.135. The minimum Gasteiger partial charge on any atom is -0.381 e. The van der Waals surface area contributed by atoms with Gasteiger partial charge in [-0.05, 0) is 24.6 Å². The molecular weight excluding hydrogens is 225 g/mol. The van der Waals surface area contributed by atoms with E-state index in [2.05, 4.69) is 0 Å². The second-order valence-electron chi connectivity index (χ2n) is 4.06. The Balaban J connectivity index is 1.82. The summed E-state index contributed by atoms with van der Waals surface area (Å²) >= 11 is 1.61. The van der Waals surface area contributed by atoms with E-state index in [1.165, 1.54) is 6.07 Å². The van der Waals surface area contributed by atoms with Crippen molar-refractivity contribution in [2.75, 3.05) is 19.0 Å². The average molecular weight is 241 g/mol. The van der Waals surface area contributed by atoms with Gasteiger partial charge in [0.05, 0.1) is 6.61 Å². The molecule has 1 aliphatic rings. The van der Waals surface area contributed by atoms with Gasteiger partial charge in [0, 0.05) is 29.2 Å². The van der Waals surface area contributed by atoms with Crippen LogP contribution in [0.3, 0.4) is 0 Å². The van der Waals surface area contributed by atoms with Gasteiger partial charge in [-0.15, -0.1) is 11.8 Å². The van der Waals surface area contributed by atoms with E-state index in [1.807, 2.05) is 6.07 Å². The van der Waals surface area contributed by atoms with Gasteiger partial charge in [0.2, 0.25) is 0 Å². The largest absolute Gasteiger partial charge is 0.381 e. The molecule has 1 aromatic carbocycles. The maximum Gasteiger partial charge on any atom is 0.124 e. The zero-order valence-electron chi connectivity index (χ0n) is 9.06. The van der Waals surface area contributed by atoms with E-state index >= 15 is 0 Å². The molecule has 88 valence electrons. The van der Waals surface area contributed by atoms with Crippen LogP contribution < -0.4 is 5.73 Å². The van der Waals surface area contributed by atoms with Crippen LogP contribution in [0.25, 0.3) is 0 Å². The summed E-state index contributed by atoms with van der Waals surface area (Å²) in [4.78, 5) is 0.939. The standard InChI is InChI=1S/C12H16FNOS/c13-10-2-1-3-11(6-10)16-8-12(14)9-4-5-15-7-9/h1-3,6,9,12H,4-5,7-8,14H2. The number of hydrogen-bond donors (Lipinski definition) is 1. The van der Waals surface area contributed by atoms with Crippen LogP contribution in [0.5, 0.6) is 0 Å². The first kappa shape index (κ1) is 11.9. The van der Waals surface area contributed by atoms with Crippen LogP contribution >= 0.6 is 11.8 Å². The second kappa shape index (κ2) is 5.66. The van der Waals surface area contributed by atoms with Crippen molar-refractivity contribution in [3.63, 3.8) is 0 Å². The molecule has 1 aromatic rings. The summed E-state index contributed by atoms with van der Waals surface area (Å²) in [5, 5.41) is 0. The van der Waals surface area contributed by atoms with Crippen LogP contribution in [-0.2, 0) is 4.74 Å². The van der Waals surface area contributed by atoms with E-state index in [-0.39, 0.29) is 11.9 Å². The molecule has 0 spiro atoms. The molecule has 0 amide bonds. The zero-order chi connectivity index (χ0) is 11.4. The van der Waals surface area contributed by atoms with Crippen molar-refractivity contribution in [3.05, 3.63) is 30.1 Å². The van der Waals surface area contributed by atoms with Crippen molar-refractivity contribution < 1.29 is 9.13 Å². The van der Waals surface area contributed by atoms with Crippen LogP contribution in [0.4, 0.5) is 4.39 Å². The van der Waals surface area contributed by atoms with Crippen LogP contribution in [0, 0.1) is 11.7 Å². The number of thioether (sulfide) groups is 1. The molecule has 2 N–H and O–H groups in total. The Morgan fingerprint density at radius 3 is 3.12 bits per heavy atom. The Hall–Kier alpha value is -0.580. The number of benzene rings is 1. The molecule has 16 heavy (non-hydrogen) atoms. The maximum absolute atomic E-state index is 12.9. The van der Waals surface area contributed by atoms with Crippen molar-refractivity contribution in [2.45, 2.75) is 17.4 Å². The molecule has 2 nitrogen and oxygen atoms in total. The molecule has 1 saturated heterocycles. The molecule has 1 aliphatic heterocycles. The van der Waals surface area contributed by atoms with Crippen molar-refractivity contribution in [2.24, 2.45) is 11.7 Å². The Kier molecular flexibility index (Phi) is 4.21. The molecule has 0 radical (unpaired) electrons. The van der Waals surface area contributed by atoms with Gasteiger partial charge in [-0.25, -0.2) is 4.39 Å². The third-order valence-electron chi connectivity index (χ3n) is 2.81. The van der Waals surface area contributed by atoms with Gasteiger partial charge < -0.3 is 10.5 Å². The van der Waals surface area contributed by atoms with Gasteiger partial charge in [-0.1, -0.05) is 6.07 Å². The van der Waals surface area contributed by atoms with Gasteiger partial charge in [0.25, 0.3) is 0 Å². The minimum atomic E-state index is -0.192. The lowest BCUT2D eigenvalue weighted by Crippen LogP contribution is -2.32. The van der Waals surface area contributed by atoms with Crippen molar-refractivity contribution in [1.29, 1.82) is 0 Å². The lowest BCUT2D eigenvalue weighted by Gasteiger charge is -2.16. The van der Waals surface area contributed by atoms with Crippen LogP contribution in [0.15, 0.2) is 29.2 Å². The molecular formula is C12H16FNOS. The quantitative estimate of drug-likeness (QED) is 0.821. The van der Waals surface area contributed by atoms with Crippen molar-refractivity contribution in [3.8, 4) is 0 Å². The lowest BCUT2D eigenvalue weighted by molar-refractivity contribution is 0.182. The molecule has 0 aliphatic carbocycles. The molecule has 0 bridgehead atoms. The van der Waals surface area contributed by atoms with Crippen molar-refractivity contribution >= 4 is 11.8 Å². The zero-order valence-corrected chi connectivity index (χ0v) is 9.88. The summed E-state index contributed by atoms with van der Waals surface area (Å²) in [5.41, 5.74) is 6.07. The monoisotopic (exact) mass is 241 g/mol. The molecule has 0 aromatic heterocycles. The molecule has 1 heterocycles. The number of nitrogens with two attached hydrogens (primary N) is 1. The molecule has 1 fully saturated rings. The molecule has 0 saturated carbocycles. The number of rotatable bonds is 4. The first-order valence-electron chi connectivity index (χ1n) is 5.47. The van der Waals surface area contributed by atoms with Gasteiger partial charge in [-0.3, -0.25) is 0 Å². The fourth-order valence-corrected chi connectivity index (χ4v) is 2.80. The highest BCUT2D eigenvalue weighted by molar-refractivity contribution is 7.99. The Bertz CT molecular complexity index is 342. The summed E-state index contributed by atoms with van der Waals surface area (Å²) in [6.07, 6.45) is 1.05. The summed E-state index contributed by atoms with van der Waals surface area (Å²) in [6.45, 7) is 1.59. The van der Waals surface area contributed by atoms with Crippen LogP contribution in [0.1, 0.15) is 6.42 Å². The van der Waals surface area contributed by atoms with Gasteiger partial charge in [0.1, 0.15) is 5.82 Å². The van der Waals surface area contributed by atoms with E-state index < -0.39 is 0 Å². The van der Waals surface area contributed by atoms with Gasteiger partial charge in [0.15, 0.2) is 0 Å². The predicted molar refractivity (Wildman–Crippen MR) is 64.0 cm³/mol. The first-order valence-corrected chi connectivity index (χ1v) is 6.46. The Labute approximate surface area is 99.4 Å². The number of halogens is 1. The van der Waals surface area contributed by atoms with Gasteiger partial charge >= 0.3 is 0 Å². The Morgan fingerprint density at radius 2 is 2.44 bits per heavy atom. The Morgan fingerprint density at radius 1 is 1.56 bits per heavy atom. The van der Waals surface area contributed by atoms with E-state index in [9.17, 15) is 4.39 Å². The fraction of sp³-hybridized carbons (Fsp3) is 0.500. The smallest absolute Gasteiger partial charge is 0.124 e. The van der Waals surface area contributed by atoms with Crippen LogP contribution in [0.2, 0.25) is 0 Å². The van der Waals surface area contributed by atoms with Gasteiger partial charge in [-0.2, -0.15) is 0 Å². The summed E-state index contributed by atoms with van der Waals surface area (Å²) < 4.78 is 18.2. The normalized spacial score (nSPS) is 22.2. The van der Waals surface area contributed by atoms with E-state index in [1.54, 1.807) is 23.9 Å². The number of hydrogen-bond acceptors (Lipinski definition) is 3. The summed E-state index contributed by atoms with van der Waals surface area (Å²) in [5.74, 6) is 1.08. The third-order valence-corrected chi connectivity index (χ3v) is 3.95. The summed E-state index contributed by atoms with van der Waals surface area (Å²) in [7, 11) is 0. The fourth-order valence-electron chi connectivity index (χ4n) is 1.78. The molecule has 2 atom stereocenters. The van der Waals surface area contributed by atoms with Crippen LogP contribution in [-0.4, -0.2) is 25.0 Å². The SMILES string of the molecule is NC(CSc1cccc(F)c1)C1CCOC1. The highest BCUT2D eigenvalue weighted by atomic mass is 32.2. The molecule has 2 unspecified atom stereocenters. The van der Waals surface area contributed by atoms with Crippen molar-refractivity contribution in [1.82, 2.24) is 0 Å². The predicted octanol–water partition coefficient (Wildman–Crippen LogP) is 2.28. The highest BCUT2D eigenvalue weighted by Crippen LogP contribution is 2.23. The first-order chi connectivity index (χ1) is 7.75.